The van der Waals surface area contributed by atoms with Gasteiger partial charge in [-0.1, -0.05) is 129 Å². The number of rotatable bonds is 6. The Balaban J connectivity index is 0. The van der Waals surface area contributed by atoms with E-state index in [1.54, 1.807) is 0 Å². The Hall–Kier alpha value is -2.15. The molecule has 1 aromatic carbocycles. The van der Waals surface area contributed by atoms with E-state index in [1.807, 2.05) is 27.7 Å². The van der Waals surface area contributed by atoms with Crippen LogP contribution in [0.25, 0.3) is 0 Å². The van der Waals surface area contributed by atoms with Crippen LogP contribution in [-0.4, -0.2) is 5.71 Å². The first-order chi connectivity index (χ1) is 16.8. The summed E-state index contributed by atoms with van der Waals surface area (Å²) in [5, 5.41) is 0. The maximum Gasteiger partial charge on any atom is 0.0503 e. The SMILES string of the molecule is C=C1C(C)=C(N=C(C)C)C(C)C(=C)C1C.CC.CC/C=C\CC(C)(C)CC.CCc1ccc(C)cc1. The largest absolute Gasteiger partial charge is 0.262 e. The third-order valence-electron chi connectivity index (χ3n) is 6.81. The molecular weight excluding hydrogens is 434 g/mol. The lowest BCUT2D eigenvalue weighted by molar-refractivity contribution is 0.356. The average Bonchev–Trinajstić information content (AvgIpc) is 2.86. The molecule has 0 N–H and O–H groups in total. The summed E-state index contributed by atoms with van der Waals surface area (Å²) in [4.78, 5) is 4.61. The first-order valence-corrected chi connectivity index (χ1v) is 14.1. The van der Waals surface area contributed by atoms with Gasteiger partial charge in [-0.05, 0) is 69.1 Å². The van der Waals surface area contributed by atoms with Crippen molar-refractivity contribution in [1.82, 2.24) is 0 Å². The number of aryl methyl sites for hydroxylation is 2. The van der Waals surface area contributed by atoms with Crippen LogP contribution >= 0.6 is 0 Å². The van der Waals surface area contributed by atoms with Crippen LogP contribution in [0.5, 0.6) is 0 Å². The van der Waals surface area contributed by atoms with Crippen LogP contribution in [-0.2, 0) is 6.42 Å². The van der Waals surface area contributed by atoms with E-state index >= 15 is 0 Å². The molecule has 0 aromatic heterocycles. The van der Waals surface area contributed by atoms with Crippen LogP contribution < -0.4 is 0 Å². The highest BCUT2D eigenvalue weighted by atomic mass is 14.8. The van der Waals surface area contributed by atoms with Gasteiger partial charge in [-0.3, -0.25) is 4.99 Å². The van der Waals surface area contributed by atoms with Gasteiger partial charge < -0.3 is 0 Å². The van der Waals surface area contributed by atoms with E-state index in [0.717, 1.165) is 23.4 Å². The first-order valence-electron chi connectivity index (χ1n) is 14.1. The molecular formula is C35H59N. The zero-order chi connectivity index (χ0) is 28.5. The van der Waals surface area contributed by atoms with Gasteiger partial charge in [0, 0.05) is 17.5 Å². The summed E-state index contributed by atoms with van der Waals surface area (Å²) in [6, 6.07) is 8.66. The lowest BCUT2D eigenvalue weighted by atomic mass is 9.76. The van der Waals surface area contributed by atoms with Crippen molar-refractivity contribution in [3.63, 3.8) is 0 Å². The number of allylic oxidation sites excluding steroid dienone is 5. The Kier molecular flexibility index (Phi) is 19.0. The Morgan fingerprint density at radius 2 is 1.44 bits per heavy atom. The van der Waals surface area contributed by atoms with Gasteiger partial charge in [0.15, 0.2) is 0 Å². The number of aliphatic imine (C=N–C) groups is 1. The first kappa shape index (κ1) is 36.0. The molecule has 1 aliphatic carbocycles. The molecule has 0 spiro atoms. The fraction of sp³-hybridized carbons (Fsp3) is 0.571. The smallest absolute Gasteiger partial charge is 0.0503 e. The van der Waals surface area contributed by atoms with Crippen LogP contribution in [0.3, 0.4) is 0 Å². The van der Waals surface area contributed by atoms with Crippen molar-refractivity contribution in [2.24, 2.45) is 22.2 Å². The molecule has 204 valence electrons. The minimum atomic E-state index is 0.348. The lowest BCUT2D eigenvalue weighted by Gasteiger charge is -2.31. The van der Waals surface area contributed by atoms with Crippen LogP contribution in [0.2, 0.25) is 0 Å². The number of hydrogen-bond donors (Lipinski definition) is 0. The van der Waals surface area contributed by atoms with Crippen molar-refractivity contribution in [1.29, 1.82) is 0 Å². The van der Waals surface area contributed by atoms with Gasteiger partial charge in [-0.25, -0.2) is 0 Å². The molecule has 0 radical (unpaired) electrons. The van der Waals surface area contributed by atoms with Gasteiger partial charge in [-0.15, -0.1) is 0 Å². The fourth-order valence-electron chi connectivity index (χ4n) is 3.55. The van der Waals surface area contributed by atoms with Crippen LogP contribution in [0.4, 0.5) is 0 Å². The molecule has 0 fully saturated rings. The van der Waals surface area contributed by atoms with Crippen molar-refractivity contribution < 1.29 is 0 Å². The van der Waals surface area contributed by atoms with Crippen molar-refractivity contribution in [2.45, 2.75) is 116 Å². The van der Waals surface area contributed by atoms with E-state index in [9.17, 15) is 0 Å². The molecule has 0 heterocycles. The molecule has 36 heavy (non-hydrogen) atoms. The Morgan fingerprint density at radius 1 is 0.917 bits per heavy atom. The Bertz CT molecular complexity index is 854. The summed E-state index contributed by atoms with van der Waals surface area (Å²) in [5.41, 5.74) is 9.13. The third kappa shape index (κ3) is 13.8. The second-order valence-corrected chi connectivity index (χ2v) is 10.6. The van der Waals surface area contributed by atoms with Crippen LogP contribution in [0, 0.1) is 24.2 Å². The maximum absolute atomic E-state index is 4.61. The highest BCUT2D eigenvalue weighted by Gasteiger charge is 2.27. The Labute approximate surface area is 226 Å². The number of nitrogens with zero attached hydrogens (tertiary/aromatic N) is 1. The van der Waals surface area contributed by atoms with Gasteiger partial charge in [0.25, 0.3) is 0 Å². The van der Waals surface area contributed by atoms with Crippen molar-refractivity contribution >= 4 is 5.71 Å². The maximum atomic E-state index is 4.61. The second-order valence-electron chi connectivity index (χ2n) is 10.6. The summed E-state index contributed by atoms with van der Waals surface area (Å²) < 4.78 is 0. The topological polar surface area (TPSA) is 12.4 Å². The Morgan fingerprint density at radius 3 is 1.86 bits per heavy atom. The highest BCUT2D eigenvalue weighted by Crippen LogP contribution is 2.40. The van der Waals surface area contributed by atoms with Gasteiger partial charge in [-0.2, -0.15) is 0 Å². The van der Waals surface area contributed by atoms with Gasteiger partial charge in [0.1, 0.15) is 0 Å². The predicted octanol–water partition coefficient (Wildman–Crippen LogP) is 11.5. The van der Waals surface area contributed by atoms with E-state index in [0.29, 0.717) is 17.3 Å². The molecule has 1 nitrogen and oxygen atoms in total. The van der Waals surface area contributed by atoms with E-state index < -0.39 is 0 Å². The average molecular weight is 494 g/mol. The molecule has 0 bridgehead atoms. The standard InChI is InChI=1S/C14H21N.C10H20.C9H12.C2H6/c1-8(2)15-14-12(6)10(4)9(3)11(5)13(14)7;1-5-7-8-9-10(3,4)6-2;1-3-9-6-4-8(2)5-7-9;1-2/h9,12H,4-5H2,1-3,6-7H3;7-8H,5-6,9H2,1-4H3;4-7H,3H2,1-2H3;1-2H3/b;8-7-;;. The van der Waals surface area contributed by atoms with Crippen molar-refractivity contribution in [2.75, 3.05) is 0 Å². The molecule has 1 aromatic rings. The third-order valence-corrected chi connectivity index (χ3v) is 6.81. The van der Waals surface area contributed by atoms with Gasteiger partial charge in [0.2, 0.25) is 0 Å². The monoisotopic (exact) mass is 493 g/mol. The summed E-state index contributed by atoms with van der Waals surface area (Å²) in [7, 11) is 0. The van der Waals surface area contributed by atoms with Crippen molar-refractivity contribution in [3.05, 3.63) is 83.1 Å². The molecule has 0 saturated heterocycles. The number of hydrogen-bond acceptors (Lipinski definition) is 1. The van der Waals surface area contributed by atoms with E-state index in [4.69, 9.17) is 0 Å². The summed E-state index contributed by atoms with van der Waals surface area (Å²) >= 11 is 0. The quantitative estimate of drug-likeness (QED) is 0.276. The molecule has 2 rings (SSSR count). The normalized spacial score (nSPS) is 17.4. The van der Waals surface area contributed by atoms with E-state index in [2.05, 4.69) is 117 Å². The molecule has 1 aliphatic rings. The molecule has 2 unspecified atom stereocenters. The van der Waals surface area contributed by atoms with E-state index in [-0.39, 0.29) is 0 Å². The van der Waals surface area contributed by atoms with Crippen LogP contribution in [0.1, 0.15) is 113 Å². The zero-order valence-corrected chi connectivity index (χ0v) is 26.3. The molecule has 2 atom stereocenters. The van der Waals surface area contributed by atoms with Gasteiger partial charge >= 0.3 is 0 Å². The minimum absolute atomic E-state index is 0.348. The molecule has 0 amide bonds. The second kappa shape index (κ2) is 19.0. The van der Waals surface area contributed by atoms with E-state index in [1.165, 1.54) is 41.5 Å². The minimum Gasteiger partial charge on any atom is -0.262 e. The molecule has 0 aliphatic heterocycles. The summed E-state index contributed by atoms with van der Waals surface area (Å²) in [6.45, 7) is 36.1. The molecule has 0 saturated carbocycles. The van der Waals surface area contributed by atoms with Crippen molar-refractivity contribution in [3.8, 4) is 0 Å². The number of benzene rings is 1. The molecule has 1 heteroatoms. The van der Waals surface area contributed by atoms with Gasteiger partial charge in [0.05, 0.1) is 5.70 Å². The highest BCUT2D eigenvalue weighted by molar-refractivity contribution is 5.80. The fourth-order valence-corrected chi connectivity index (χ4v) is 3.55. The summed E-state index contributed by atoms with van der Waals surface area (Å²) in [5.74, 6) is 0.733. The zero-order valence-electron chi connectivity index (χ0n) is 26.3. The lowest BCUT2D eigenvalue weighted by Crippen LogP contribution is -2.19. The van der Waals surface area contributed by atoms with Crippen LogP contribution in [0.15, 0.2) is 77.0 Å². The summed E-state index contributed by atoms with van der Waals surface area (Å²) in [6.07, 6.45) is 9.33. The predicted molar refractivity (Wildman–Crippen MR) is 168 cm³/mol.